The van der Waals surface area contributed by atoms with Crippen LogP contribution in [0.4, 0.5) is 0 Å². The standard InChI is InChI=1S/C11H15/c1-4-10-5-7-11(8-6-10)9(2)3/h5-7,9H,4H2,1-3H3. The molecule has 0 bridgehead atoms. The molecular weight excluding hydrogens is 132 g/mol. The van der Waals surface area contributed by atoms with Gasteiger partial charge < -0.3 is 0 Å². The molecule has 0 fully saturated rings. The zero-order valence-electron chi connectivity index (χ0n) is 7.52. The molecule has 0 nitrogen and oxygen atoms in total. The Labute approximate surface area is 69.3 Å². The van der Waals surface area contributed by atoms with Gasteiger partial charge in [-0.25, -0.2) is 0 Å². The van der Waals surface area contributed by atoms with E-state index < -0.39 is 0 Å². The molecule has 0 heterocycles. The monoisotopic (exact) mass is 147 g/mol. The topological polar surface area (TPSA) is 0 Å². The molecular formula is C11H15. The Morgan fingerprint density at radius 1 is 1.36 bits per heavy atom. The van der Waals surface area contributed by atoms with E-state index in [1.165, 1.54) is 11.1 Å². The van der Waals surface area contributed by atoms with E-state index in [2.05, 4.69) is 45.0 Å². The first kappa shape index (κ1) is 8.32. The summed E-state index contributed by atoms with van der Waals surface area (Å²) < 4.78 is 0. The lowest BCUT2D eigenvalue weighted by Gasteiger charge is -2.04. The van der Waals surface area contributed by atoms with Crippen LogP contribution in [-0.4, -0.2) is 0 Å². The molecule has 1 aromatic carbocycles. The fourth-order valence-electron chi connectivity index (χ4n) is 1.05. The molecule has 1 radical (unpaired) electrons. The van der Waals surface area contributed by atoms with Crippen LogP contribution < -0.4 is 0 Å². The first-order chi connectivity index (χ1) is 5.24. The Balaban J connectivity index is 2.83. The van der Waals surface area contributed by atoms with Crippen LogP contribution in [0, 0.1) is 6.07 Å². The molecule has 59 valence electrons. The highest BCUT2D eigenvalue weighted by Gasteiger charge is 1.97. The van der Waals surface area contributed by atoms with Crippen LogP contribution in [0.1, 0.15) is 37.8 Å². The fourth-order valence-corrected chi connectivity index (χ4v) is 1.05. The zero-order chi connectivity index (χ0) is 8.27. The van der Waals surface area contributed by atoms with Crippen LogP contribution in [0.5, 0.6) is 0 Å². The summed E-state index contributed by atoms with van der Waals surface area (Å²) in [6.07, 6.45) is 1.11. The van der Waals surface area contributed by atoms with Crippen LogP contribution >= 0.6 is 0 Å². The summed E-state index contributed by atoms with van der Waals surface area (Å²) in [6, 6.07) is 9.74. The summed E-state index contributed by atoms with van der Waals surface area (Å²) in [5.74, 6) is 0.598. The average molecular weight is 147 g/mol. The molecule has 0 saturated heterocycles. The van der Waals surface area contributed by atoms with Gasteiger partial charge in [-0.05, 0) is 29.5 Å². The van der Waals surface area contributed by atoms with Crippen LogP contribution in [0.3, 0.4) is 0 Å². The molecule has 0 aliphatic heterocycles. The Morgan fingerprint density at radius 3 is 2.45 bits per heavy atom. The van der Waals surface area contributed by atoms with Gasteiger partial charge in [-0.15, -0.1) is 0 Å². The molecule has 0 unspecified atom stereocenters. The van der Waals surface area contributed by atoms with Crippen molar-refractivity contribution in [2.75, 3.05) is 0 Å². The smallest absolute Gasteiger partial charge is 0.0144 e. The van der Waals surface area contributed by atoms with E-state index in [0.717, 1.165) is 6.42 Å². The minimum Gasteiger partial charge on any atom is -0.0613 e. The lowest BCUT2D eigenvalue weighted by molar-refractivity contribution is 0.863. The van der Waals surface area contributed by atoms with E-state index in [1.807, 2.05) is 0 Å². The number of hydrogen-bond acceptors (Lipinski definition) is 0. The molecule has 0 aliphatic rings. The van der Waals surface area contributed by atoms with E-state index in [1.54, 1.807) is 0 Å². The molecule has 0 aliphatic carbocycles. The van der Waals surface area contributed by atoms with Gasteiger partial charge in [0.1, 0.15) is 0 Å². The second-order valence-corrected chi connectivity index (χ2v) is 3.16. The molecule has 0 spiro atoms. The van der Waals surface area contributed by atoms with E-state index in [-0.39, 0.29) is 0 Å². The minimum absolute atomic E-state index is 0.598. The lowest BCUT2D eigenvalue weighted by Crippen LogP contribution is -1.87. The van der Waals surface area contributed by atoms with Crippen LogP contribution in [0.25, 0.3) is 0 Å². The Hall–Kier alpha value is -0.780. The molecule has 0 heteroatoms. The highest BCUT2D eigenvalue weighted by atomic mass is 14.0. The third kappa shape index (κ3) is 2.07. The predicted molar refractivity (Wildman–Crippen MR) is 48.7 cm³/mol. The van der Waals surface area contributed by atoms with Crippen LogP contribution in [0.15, 0.2) is 18.2 Å². The van der Waals surface area contributed by atoms with Crippen LogP contribution in [0.2, 0.25) is 0 Å². The van der Waals surface area contributed by atoms with Crippen molar-refractivity contribution >= 4 is 0 Å². The molecule has 0 N–H and O–H groups in total. The first-order valence-electron chi connectivity index (χ1n) is 4.24. The summed E-state index contributed by atoms with van der Waals surface area (Å²) in [7, 11) is 0. The van der Waals surface area contributed by atoms with Gasteiger partial charge in [0.25, 0.3) is 0 Å². The maximum Gasteiger partial charge on any atom is -0.0144 e. The van der Waals surface area contributed by atoms with Gasteiger partial charge in [0.2, 0.25) is 0 Å². The minimum atomic E-state index is 0.598. The fraction of sp³-hybridized carbons (Fsp3) is 0.455. The average Bonchev–Trinajstić information content (AvgIpc) is 2.05. The summed E-state index contributed by atoms with van der Waals surface area (Å²) >= 11 is 0. The first-order valence-corrected chi connectivity index (χ1v) is 4.24. The van der Waals surface area contributed by atoms with Crippen molar-refractivity contribution in [3.8, 4) is 0 Å². The number of aryl methyl sites for hydroxylation is 1. The second kappa shape index (κ2) is 3.56. The van der Waals surface area contributed by atoms with Crippen molar-refractivity contribution in [2.45, 2.75) is 33.1 Å². The highest BCUT2D eigenvalue weighted by Crippen LogP contribution is 2.13. The Bertz CT molecular complexity index is 206. The number of benzene rings is 1. The summed E-state index contributed by atoms with van der Waals surface area (Å²) in [5, 5.41) is 0. The SMILES string of the molecule is CCc1c[c]c(C(C)C)cc1. The van der Waals surface area contributed by atoms with Gasteiger partial charge in [0.05, 0.1) is 0 Å². The third-order valence-corrected chi connectivity index (χ3v) is 1.93. The molecule has 0 saturated carbocycles. The van der Waals surface area contributed by atoms with Crippen molar-refractivity contribution in [1.29, 1.82) is 0 Å². The molecule has 1 aromatic rings. The van der Waals surface area contributed by atoms with E-state index >= 15 is 0 Å². The number of rotatable bonds is 2. The molecule has 1 rings (SSSR count). The van der Waals surface area contributed by atoms with E-state index in [0.29, 0.717) is 5.92 Å². The molecule has 0 atom stereocenters. The maximum atomic E-state index is 3.29. The van der Waals surface area contributed by atoms with Gasteiger partial charge in [0.15, 0.2) is 0 Å². The third-order valence-electron chi connectivity index (χ3n) is 1.93. The highest BCUT2D eigenvalue weighted by molar-refractivity contribution is 5.23. The van der Waals surface area contributed by atoms with Gasteiger partial charge >= 0.3 is 0 Å². The second-order valence-electron chi connectivity index (χ2n) is 3.16. The predicted octanol–water partition coefficient (Wildman–Crippen LogP) is 3.17. The molecule has 0 amide bonds. The van der Waals surface area contributed by atoms with E-state index in [9.17, 15) is 0 Å². The van der Waals surface area contributed by atoms with Crippen molar-refractivity contribution in [2.24, 2.45) is 0 Å². The summed E-state index contributed by atoms with van der Waals surface area (Å²) in [5.41, 5.74) is 2.68. The van der Waals surface area contributed by atoms with Crippen molar-refractivity contribution in [3.63, 3.8) is 0 Å². The number of hydrogen-bond donors (Lipinski definition) is 0. The lowest BCUT2D eigenvalue weighted by atomic mass is 10.0. The normalized spacial score (nSPS) is 10.5. The quantitative estimate of drug-likeness (QED) is 0.602. The Kier molecular flexibility index (Phi) is 2.70. The van der Waals surface area contributed by atoms with Crippen LogP contribution in [-0.2, 0) is 6.42 Å². The van der Waals surface area contributed by atoms with Crippen molar-refractivity contribution < 1.29 is 0 Å². The van der Waals surface area contributed by atoms with E-state index in [4.69, 9.17) is 0 Å². The van der Waals surface area contributed by atoms with Crippen molar-refractivity contribution in [1.82, 2.24) is 0 Å². The maximum absolute atomic E-state index is 3.29. The van der Waals surface area contributed by atoms with Gasteiger partial charge in [0, 0.05) is 0 Å². The van der Waals surface area contributed by atoms with Crippen molar-refractivity contribution in [3.05, 3.63) is 35.4 Å². The zero-order valence-corrected chi connectivity index (χ0v) is 7.52. The van der Waals surface area contributed by atoms with Gasteiger partial charge in [-0.3, -0.25) is 0 Å². The summed E-state index contributed by atoms with van der Waals surface area (Å²) in [4.78, 5) is 0. The summed E-state index contributed by atoms with van der Waals surface area (Å²) in [6.45, 7) is 6.55. The molecule has 11 heavy (non-hydrogen) atoms. The Morgan fingerprint density at radius 2 is 2.09 bits per heavy atom. The molecule has 0 aromatic heterocycles. The van der Waals surface area contributed by atoms with Gasteiger partial charge in [-0.2, -0.15) is 0 Å². The van der Waals surface area contributed by atoms with Gasteiger partial charge in [-0.1, -0.05) is 39.0 Å². The largest absolute Gasteiger partial charge is 0.0613 e.